The van der Waals surface area contributed by atoms with Crippen LogP contribution in [0, 0.1) is 19.3 Å². The molecule has 1 N–H and O–H groups in total. The Morgan fingerprint density at radius 3 is 2.27 bits per heavy atom. The van der Waals surface area contributed by atoms with Gasteiger partial charge in [0.1, 0.15) is 5.82 Å². The van der Waals surface area contributed by atoms with Crippen LogP contribution in [0.4, 0.5) is 11.5 Å². The number of hydrogen-bond donors (Lipinski definition) is 1. The van der Waals surface area contributed by atoms with E-state index in [1.54, 1.807) is 0 Å². The Labute approximate surface area is 259 Å². The fourth-order valence-corrected chi connectivity index (χ4v) is 7.28. The summed E-state index contributed by atoms with van der Waals surface area (Å²) in [7, 11) is 0. The number of piperidine rings is 1. The fraction of sp³-hybridized carbons (Fsp3) is 0.342. The largest absolute Gasteiger partial charge is 0.481 e. The number of carboxylic acids is 1. The van der Waals surface area contributed by atoms with Crippen LogP contribution >= 0.6 is 0 Å². The van der Waals surface area contributed by atoms with Crippen molar-refractivity contribution < 1.29 is 9.90 Å². The molecule has 224 valence electrons. The SMILES string of the molecule is Cc1nc(C)c(-c2ccc3c(c2)CCN(c2nc4ccccc4c4ccccc24)C3)c(N2CCC(C)(C)CC2)c1CC(=O)O. The predicted molar refractivity (Wildman–Crippen MR) is 180 cm³/mol. The molecule has 1 saturated heterocycles. The van der Waals surface area contributed by atoms with Crippen LogP contribution in [0.25, 0.3) is 32.8 Å². The molecule has 6 nitrogen and oxygen atoms in total. The molecule has 1 fully saturated rings. The van der Waals surface area contributed by atoms with Crippen LogP contribution in [0.3, 0.4) is 0 Å². The van der Waals surface area contributed by atoms with Crippen molar-refractivity contribution in [3.63, 3.8) is 0 Å². The summed E-state index contributed by atoms with van der Waals surface area (Å²) in [6, 6.07) is 23.8. The lowest BCUT2D eigenvalue weighted by atomic mass is 9.82. The molecule has 44 heavy (non-hydrogen) atoms. The zero-order chi connectivity index (χ0) is 30.6. The van der Waals surface area contributed by atoms with Crippen LogP contribution < -0.4 is 9.80 Å². The van der Waals surface area contributed by atoms with Gasteiger partial charge < -0.3 is 14.9 Å². The minimum atomic E-state index is -0.816. The summed E-state index contributed by atoms with van der Waals surface area (Å²) in [4.78, 5) is 26.9. The Hall–Kier alpha value is -4.45. The summed E-state index contributed by atoms with van der Waals surface area (Å²) in [6.45, 7) is 12.2. The predicted octanol–water partition coefficient (Wildman–Crippen LogP) is 7.88. The molecule has 0 saturated carbocycles. The van der Waals surface area contributed by atoms with Crippen molar-refractivity contribution >= 4 is 39.1 Å². The summed E-state index contributed by atoms with van der Waals surface area (Å²) in [5, 5.41) is 13.5. The van der Waals surface area contributed by atoms with Crippen molar-refractivity contribution in [2.75, 3.05) is 29.4 Å². The number of carbonyl (C=O) groups is 1. The number of fused-ring (bicyclic) bond motifs is 4. The van der Waals surface area contributed by atoms with Crippen molar-refractivity contribution in [3.05, 3.63) is 94.8 Å². The van der Waals surface area contributed by atoms with Gasteiger partial charge in [-0.25, -0.2) is 4.98 Å². The van der Waals surface area contributed by atoms with Crippen molar-refractivity contribution in [1.82, 2.24) is 9.97 Å². The van der Waals surface area contributed by atoms with Crippen molar-refractivity contribution in [3.8, 4) is 11.1 Å². The second-order valence-corrected chi connectivity index (χ2v) is 13.4. The van der Waals surface area contributed by atoms with Gasteiger partial charge in [-0.1, -0.05) is 74.5 Å². The van der Waals surface area contributed by atoms with Gasteiger partial charge in [0.15, 0.2) is 0 Å². The normalized spacial score (nSPS) is 16.4. The number of hydrogen-bond acceptors (Lipinski definition) is 5. The second-order valence-electron chi connectivity index (χ2n) is 13.4. The van der Waals surface area contributed by atoms with Gasteiger partial charge in [-0.3, -0.25) is 9.78 Å². The Morgan fingerprint density at radius 1 is 0.818 bits per heavy atom. The third kappa shape index (κ3) is 5.06. The third-order valence-corrected chi connectivity index (χ3v) is 9.81. The lowest BCUT2D eigenvalue weighted by Crippen LogP contribution is -2.38. The van der Waals surface area contributed by atoms with Gasteiger partial charge in [0, 0.05) is 59.5 Å². The van der Waals surface area contributed by atoms with Gasteiger partial charge in [0.05, 0.1) is 17.6 Å². The zero-order valence-corrected chi connectivity index (χ0v) is 26.2. The maximum atomic E-state index is 12.0. The number of aliphatic carboxylic acids is 1. The molecule has 4 heterocycles. The molecule has 0 radical (unpaired) electrons. The van der Waals surface area contributed by atoms with Crippen LogP contribution in [0.1, 0.15) is 54.8 Å². The molecule has 6 heteroatoms. The molecule has 0 amide bonds. The van der Waals surface area contributed by atoms with Crippen LogP contribution in [0.2, 0.25) is 0 Å². The van der Waals surface area contributed by atoms with Gasteiger partial charge in [-0.05, 0) is 66.7 Å². The molecule has 7 rings (SSSR count). The first kappa shape index (κ1) is 28.3. The van der Waals surface area contributed by atoms with E-state index >= 15 is 0 Å². The zero-order valence-electron chi connectivity index (χ0n) is 26.2. The Balaban J connectivity index is 1.28. The molecule has 0 atom stereocenters. The van der Waals surface area contributed by atoms with Crippen LogP contribution in [-0.2, 0) is 24.2 Å². The molecule has 0 bridgehead atoms. The number of rotatable bonds is 5. The summed E-state index contributed by atoms with van der Waals surface area (Å²) in [6.07, 6.45) is 3.06. The van der Waals surface area contributed by atoms with Crippen LogP contribution in [-0.4, -0.2) is 40.7 Å². The van der Waals surface area contributed by atoms with Crippen molar-refractivity contribution in [2.24, 2.45) is 5.41 Å². The monoisotopic (exact) mass is 584 g/mol. The smallest absolute Gasteiger partial charge is 0.307 e. The van der Waals surface area contributed by atoms with E-state index in [0.717, 1.165) is 90.5 Å². The first-order chi connectivity index (χ1) is 21.2. The minimum absolute atomic E-state index is 0.0199. The quantitative estimate of drug-likeness (QED) is 0.212. The van der Waals surface area contributed by atoms with Crippen LogP contribution in [0.5, 0.6) is 0 Å². The van der Waals surface area contributed by atoms with E-state index in [-0.39, 0.29) is 6.42 Å². The van der Waals surface area contributed by atoms with E-state index in [9.17, 15) is 9.90 Å². The van der Waals surface area contributed by atoms with Gasteiger partial charge in [-0.2, -0.15) is 0 Å². The summed E-state index contributed by atoms with van der Waals surface area (Å²) >= 11 is 0. The lowest BCUT2D eigenvalue weighted by molar-refractivity contribution is -0.136. The van der Waals surface area contributed by atoms with Gasteiger partial charge in [0.2, 0.25) is 0 Å². The molecular formula is C38H40N4O2. The average Bonchev–Trinajstić information content (AvgIpc) is 3.01. The van der Waals surface area contributed by atoms with Gasteiger partial charge in [0.25, 0.3) is 0 Å². The summed E-state index contributed by atoms with van der Waals surface area (Å²) in [5.41, 5.74) is 9.87. The van der Waals surface area contributed by atoms with E-state index in [1.807, 2.05) is 6.92 Å². The second kappa shape index (κ2) is 10.9. The molecule has 0 aliphatic carbocycles. The molecule has 0 spiro atoms. The molecule has 2 aliphatic heterocycles. The lowest BCUT2D eigenvalue weighted by Gasteiger charge is -2.40. The highest BCUT2D eigenvalue weighted by molar-refractivity contribution is 6.10. The molecule has 0 unspecified atom stereocenters. The van der Waals surface area contributed by atoms with E-state index in [0.29, 0.717) is 5.41 Å². The number of carboxylic acid groups (broad SMARTS) is 1. The van der Waals surface area contributed by atoms with Gasteiger partial charge >= 0.3 is 5.97 Å². The molecule has 3 aromatic carbocycles. The van der Waals surface area contributed by atoms with Crippen molar-refractivity contribution in [2.45, 2.75) is 59.9 Å². The highest BCUT2D eigenvalue weighted by Gasteiger charge is 2.31. The van der Waals surface area contributed by atoms with Crippen LogP contribution in [0.15, 0.2) is 66.7 Å². The van der Waals surface area contributed by atoms with E-state index in [2.05, 4.69) is 97.3 Å². The number of anilines is 2. The Morgan fingerprint density at radius 2 is 1.52 bits per heavy atom. The molecule has 5 aromatic rings. The fourth-order valence-electron chi connectivity index (χ4n) is 7.28. The molecule has 2 aromatic heterocycles. The number of para-hydroxylation sites is 1. The van der Waals surface area contributed by atoms with Gasteiger partial charge in [-0.15, -0.1) is 0 Å². The topological polar surface area (TPSA) is 69.6 Å². The highest BCUT2D eigenvalue weighted by Crippen LogP contribution is 2.42. The average molecular weight is 585 g/mol. The molecule has 2 aliphatic rings. The number of aromatic nitrogens is 2. The minimum Gasteiger partial charge on any atom is -0.481 e. The third-order valence-electron chi connectivity index (χ3n) is 9.81. The van der Waals surface area contributed by atoms with E-state index in [4.69, 9.17) is 9.97 Å². The first-order valence-corrected chi connectivity index (χ1v) is 15.8. The standard InChI is InChI=1S/C38H40N4O2/c1-24-32(22-34(43)44)36(41-19-16-38(3,4)17-20-41)35(25(2)39-24)27-13-14-28-23-42(18-15-26(28)21-27)37-31-11-6-5-9-29(31)30-10-7-8-12-33(30)40-37/h5-14,21H,15-20,22-23H2,1-4H3,(H,43,44). The highest BCUT2D eigenvalue weighted by atomic mass is 16.4. The van der Waals surface area contributed by atoms with E-state index in [1.165, 1.54) is 27.3 Å². The first-order valence-electron chi connectivity index (χ1n) is 15.8. The number of pyridine rings is 2. The molecular weight excluding hydrogens is 544 g/mol. The maximum Gasteiger partial charge on any atom is 0.307 e. The van der Waals surface area contributed by atoms with Crippen molar-refractivity contribution in [1.29, 1.82) is 0 Å². The van der Waals surface area contributed by atoms with E-state index < -0.39 is 5.97 Å². The number of nitrogens with zero attached hydrogens (tertiary/aromatic N) is 4. The number of benzene rings is 3. The maximum absolute atomic E-state index is 12.0. The Kier molecular flexibility index (Phi) is 7.03. The summed E-state index contributed by atoms with van der Waals surface area (Å²) < 4.78 is 0. The number of aryl methyl sites for hydroxylation is 2. The summed E-state index contributed by atoms with van der Waals surface area (Å²) in [5.74, 6) is 0.227. The Bertz CT molecular complexity index is 1920.